The highest BCUT2D eigenvalue weighted by atomic mass is 35.5. The van der Waals surface area contributed by atoms with Gasteiger partial charge in [0.25, 0.3) is 5.91 Å². The van der Waals surface area contributed by atoms with Gasteiger partial charge >= 0.3 is 0 Å². The molecule has 0 heterocycles. The van der Waals surface area contributed by atoms with Crippen LogP contribution in [0.15, 0.2) is 72.8 Å². The molecule has 0 radical (unpaired) electrons. The minimum Gasteiger partial charge on any atom is -0.493 e. The zero-order valence-electron chi connectivity index (χ0n) is 16.7. The fraction of sp³-hybridized carbons (Fsp3) is 0.167. The normalized spacial score (nSPS) is 11.4. The summed E-state index contributed by atoms with van der Waals surface area (Å²) in [5.74, 6) is 0.411. The van der Waals surface area contributed by atoms with Gasteiger partial charge in [-0.15, -0.1) is 0 Å². The smallest absolute Gasteiger partial charge is 0.265 e. The molecule has 154 valence electrons. The zero-order chi connectivity index (χ0) is 21.5. The minimum atomic E-state index is -0.767. The first-order chi connectivity index (χ1) is 14.5. The lowest BCUT2D eigenvalue weighted by molar-refractivity contribution is -0.122. The predicted octanol–water partition coefficient (Wildman–Crippen LogP) is 5.38. The molecule has 0 fully saturated rings. The molecule has 0 saturated heterocycles. The first-order valence-corrected chi connectivity index (χ1v) is 9.91. The molecule has 5 nitrogen and oxygen atoms in total. The molecule has 1 atom stereocenters. The van der Waals surface area contributed by atoms with Crippen molar-refractivity contribution in [1.29, 1.82) is 0 Å². The van der Waals surface area contributed by atoms with E-state index in [9.17, 15) is 9.59 Å². The van der Waals surface area contributed by atoms with E-state index in [1.54, 1.807) is 67.8 Å². The van der Waals surface area contributed by atoms with Gasteiger partial charge in [-0.2, -0.15) is 0 Å². The molecular weight excluding hydrogens is 402 g/mol. The molecular formula is C24H22ClNO4. The number of rotatable bonds is 8. The Kier molecular flexibility index (Phi) is 7.09. The highest BCUT2D eigenvalue weighted by molar-refractivity contribution is 6.31. The van der Waals surface area contributed by atoms with Gasteiger partial charge in [0.2, 0.25) is 0 Å². The van der Waals surface area contributed by atoms with Gasteiger partial charge in [0.15, 0.2) is 23.4 Å². The number of anilines is 1. The number of halogens is 1. The number of carbonyl (C=O) groups is 2. The number of ketones is 1. The number of benzene rings is 3. The van der Waals surface area contributed by atoms with Gasteiger partial charge in [-0.3, -0.25) is 9.59 Å². The van der Waals surface area contributed by atoms with Crippen LogP contribution in [0.5, 0.6) is 11.5 Å². The molecule has 0 aromatic heterocycles. The van der Waals surface area contributed by atoms with Crippen LogP contribution in [0.25, 0.3) is 0 Å². The maximum absolute atomic E-state index is 13.0. The summed E-state index contributed by atoms with van der Waals surface area (Å²) in [5.41, 5.74) is 1.20. The number of amides is 1. The van der Waals surface area contributed by atoms with E-state index in [2.05, 4.69) is 5.32 Å². The van der Waals surface area contributed by atoms with Crippen LogP contribution < -0.4 is 14.8 Å². The van der Waals surface area contributed by atoms with Crippen LogP contribution in [0, 0.1) is 0 Å². The Morgan fingerprint density at radius 3 is 2.30 bits per heavy atom. The van der Waals surface area contributed by atoms with E-state index >= 15 is 0 Å². The number of methoxy groups -OCH3 is 1. The summed E-state index contributed by atoms with van der Waals surface area (Å²) in [6.45, 7) is 1.84. The molecule has 1 N–H and O–H groups in total. The summed E-state index contributed by atoms with van der Waals surface area (Å²) in [6.07, 6.45) is -0.337. The van der Waals surface area contributed by atoms with Crippen molar-refractivity contribution in [2.45, 2.75) is 19.4 Å². The van der Waals surface area contributed by atoms with Crippen LogP contribution in [0.1, 0.15) is 29.3 Å². The predicted molar refractivity (Wildman–Crippen MR) is 118 cm³/mol. The number of hydrogen-bond acceptors (Lipinski definition) is 4. The van der Waals surface area contributed by atoms with Gasteiger partial charge in [0.05, 0.1) is 12.8 Å². The van der Waals surface area contributed by atoms with Gasteiger partial charge in [-0.25, -0.2) is 0 Å². The van der Waals surface area contributed by atoms with Crippen molar-refractivity contribution in [3.8, 4) is 11.5 Å². The second kappa shape index (κ2) is 9.94. The second-order valence-electron chi connectivity index (χ2n) is 6.54. The average molecular weight is 424 g/mol. The summed E-state index contributed by atoms with van der Waals surface area (Å²) >= 11 is 6.11. The topological polar surface area (TPSA) is 64.6 Å². The van der Waals surface area contributed by atoms with Crippen molar-refractivity contribution >= 4 is 29.0 Å². The molecule has 3 rings (SSSR count). The van der Waals surface area contributed by atoms with E-state index in [-0.39, 0.29) is 11.7 Å². The first-order valence-electron chi connectivity index (χ1n) is 9.53. The second-order valence-corrected chi connectivity index (χ2v) is 6.98. The Morgan fingerprint density at radius 1 is 0.967 bits per heavy atom. The molecule has 1 amide bonds. The molecule has 3 aromatic rings. The van der Waals surface area contributed by atoms with Crippen molar-refractivity contribution in [1.82, 2.24) is 0 Å². The summed E-state index contributed by atoms with van der Waals surface area (Å²) < 4.78 is 11.2. The Bertz CT molecular complexity index is 1040. The molecule has 0 spiro atoms. The summed E-state index contributed by atoms with van der Waals surface area (Å²) in [4.78, 5) is 25.9. The molecule has 0 bridgehead atoms. The average Bonchev–Trinajstić information content (AvgIpc) is 2.78. The molecule has 3 aromatic carbocycles. The minimum absolute atomic E-state index is 0.230. The molecule has 0 saturated carbocycles. The Morgan fingerprint density at radius 2 is 1.63 bits per heavy atom. The quantitative estimate of drug-likeness (QED) is 0.494. The van der Waals surface area contributed by atoms with Crippen molar-refractivity contribution < 1.29 is 19.1 Å². The Balaban J connectivity index is 1.84. The van der Waals surface area contributed by atoms with Crippen molar-refractivity contribution in [2.24, 2.45) is 0 Å². The SMILES string of the molecule is CC[C@H](Oc1ccccc1OC)C(=O)Nc1ccc(Cl)cc1C(=O)c1ccccc1. The molecule has 0 unspecified atom stereocenters. The molecule has 0 aliphatic rings. The van der Waals surface area contributed by atoms with Gasteiger partial charge in [0.1, 0.15) is 0 Å². The highest BCUT2D eigenvalue weighted by Gasteiger charge is 2.23. The number of hydrogen-bond donors (Lipinski definition) is 1. The van der Waals surface area contributed by atoms with E-state index in [0.29, 0.717) is 39.8 Å². The molecule has 30 heavy (non-hydrogen) atoms. The summed E-state index contributed by atoms with van der Waals surface area (Å²) in [6, 6.07) is 20.7. The van der Waals surface area contributed by atoms with E-state index in [1.807, 2.05) is 19.1 Å². The van der Waals surface area contributed by atoms with Crippen LogP contribution in [0.3, 0.4) is 0 Å². The van der Waals surface area contributed by atoms with Crippen LogP contribution in [-0.4, -0.2) is 24.9 Å². The molecule has 0 aliphatic heterocycles. The van der Waals surface area contributed by atoms with E-state index in [1.165, 1.54) is 0 Å². The Labute approximate surface area is 180 Å². The summed E-state index contributed by atoms with van der Waals surface area (Å²) in [5, 5.41) is 3.22. The summed E-state index contributed by atoms with van der Waals surface area (Å²) in [7, 11) is 1.54. The van der Waals surface area contributed by atoms with E-state index in [0.717, 1.165) is 0 Å². The van der Waals surface area contributed by atoms with E-state index in [4.69, 9.17) is 21.1 Å². The van der Waals surface area contributed by atoms with Crippen molar-refractivity contribution in [3.05, 3.63) is 88.9 Å². The van der Waals surface area contributed by atoms with E-state index < -0.39 is 6.10 Å². The van der Waals surface area contributed by atoms with Gasteiger partial charge in [-0.05, 0) is 36.8 Å². The number of ether oxygens (including phenoxy) is 2. The van der Waals surface area contributed by atoms with Gasteiger partial charge < -0.3 is 14.8 Å². The van der Waals surface area contributed by atoms with Crippen molar-refractivity contribution in [3.63, 3.8) is 0 Å². The largest absolute Gasteiger partial charge is 0.493 e. The van der Waals surface area contributed by atoms with Gasteiger partial charge in [-0.1, -0.05) is 61.0 Å². The Hall–Kier alpha value is -3.31. The third kappa shape index (κ3) is 4.99. The maximum atomic E-state index is 13.0. The number of carbonyl (C=O) groups excluding carboxylic acids is 2. The van der Waals surface area contributed by atoms with Crippen LogP contribution in [0.2, 0.25) is 5.02 Å². The highest BCUT2D eigenvalue weighted by Crippen LogP contribution is 2.28. The lowest BCUT2D eigenvalue weighted by Crippen LogP contribution is -2.33. The van der Waals surface area contributed by atoms with Crippen LogP contribution >= 0.6 is 11.6 Å². The fourth-order valence-corrected chi connectivity index (χ4v) is 3.14. The lowest BCUT2D eigenvalue weighted by Gasteiger charge is -2.19. The monoisotopic (exact) mass is 423 g/mol. The van der Waals surface area contributed by atoms with Crippen molar-refractivity contribution in [2.75, 3.05) is 12.4 Å². The van der Waals surface area contributed by atoms with Crippen LogP contribution in [-0.2, 0) is 4.79 Å². The third-order valence-electron chi connectivity index (χ3n) is 4.52. The maximum Gasteiger partial charge on any atom is 0.265 e. The lowest BCUT2D eigenvalue weighted by atomic mass is 10.0. The number of nitrogens with one attached hydrogen (secondary N) is 1. The van der Waals surface area contributed by atoms with Crippen LogP contribution in [0.4, 0.5) is 5.69 Å². The molecule has 6 heteroatoms. The zero-order valence-corrected chi connectivity index (χ0v) is 17.5. The molecule has 0 aliphatic carbocycles. The third-order valence-corrected chi connectivity index (χ3v) is 4.76. The van der Waals surface area contributed by atoms with Gasteiger partial charge in [0, 0.05) is 16.1 Å². The fourth-order valence-electron chi connectivity index (χ4n) is 2.96. The first kappa shape index (κ1) is 21.4. The standard InChI is InChI=1S/C24H22ClNO4/c1-3-20(30-22-12-8-7-11-21(22)29-2)24(28)26-19-14-13-17(25)15-18(19)23(27)16-9-5-4-6-10-16/h4-15,20H,3H2,1-2H3,(H,26,28)/t20-/m0/s1. The number of para-hydroxylation sites is 2.